The highest BCUT2D eigenvalue weighted by Gasteiger charge is 2.09. The summed E-state index contributed by atoms with van der Waals surface area (Å²) in [6, 6.07) is 12.1. The van der Waals surface area contributed by atoms with Gasteiger partial charge in [0.25, 0.3) is 0 Å². The summed E-state index contributed by atoms with van der Waals surface area (Å²) in [5, 5.41) is 11.1. The second-order valence-corrected chi connectivity index (χ2v) is 4.81. The van der Waals surface area contributed by atoms with Gasteiger partial charge in [0.05, 0.1) is 6.61 Å². The van der Waals surface area contributed by atoms with Crippen LogP contribution >= 0.6 is 0 Å². The Morgan fingerprint density at radius 3 is 2.62 bits per heavy atom. The summed E-state index contributed by atoms with van der Waals surface area (Å²) in [6.45, 7) is 1.60. The second-order valence-electron chi connectivity index (χ2n) is 4.81. The monoisotopic (exact) mass is 283 g/mol. The molecule has 0 aliphatic rings. The Bertz CT molecular complexity index is 802. The first-order valence-electron chi connectivity index (χ1n) is 6.60. The molecule has 0 amide bonds. The molecule has 0 atom stereocenters. The number of aryl methyl sites for hydroxylation is 1. The molecule has 0 saturated carbocycles. The zero-order chi connectivity index (χ0) is 14.8. The van der Waals surface area contributed by atoms with Gasteiger partial charge in [-0.25, -0.2) is 9.37 Å². The van der Waals surface area contributed by atoms with Crippen LogP contribution in [-0.4, -0.2) is 10.1 Å². The van der Waals surface area contributed by atoms with E-state index in [1.54, 1.807) is 25.3 Å². The number of halogens is 1. The number of aromatic nitrogens is 1. The Labute approximate surface area is 121 Å². The number of nitrogens with zero attached hydrogens (tertiary/aromatic N) is 1. The van der Waals surface area contributed by atoms with E-state index in [4.69, 9.17) is 4.74 Å². The average molecular weight is 283 g/mol. The lowest BCUT2D eigenvalue weighted by Gasteiger charge is -2.10. The van der Waals surface area contributed by atoms with Crippen molar-refractivity contribution in [2.75, 3.05) is 0 Å². The van der Waals surface area contributed by atoms with E-state index in [-0.39, 0.29) is 12.4 Å². The van der Waals surface area contributed by atoms with Gasteiger partial charge in [-0.1, -0.05) is 18.2 Å². The molecule has 0 aliphatic heterocycles. The molecule has 3 rings (SSSR count). The van der Waals surface area contributed by atoms with Gasteiger partial charge in [-0.3, -0.25) is 0 Å². The van der Waals surface area contributed by atoms with Crippen LogP contribution in [0.5, 0.6) is 11.6 Å². The minimum Gasteiger partial charge on any atom is -0.438 e. The van der Waals surface area contributed by atoms with Crippen molar-refractivity contribution in [2.24, 2.45) is 0 Å². The van der Waals surface area contributed by atoms with Gasteiger partial charge in [0.2, 0.25) is 5.88 Å². The molecule has 0 spiro atoms. The number of hydrogen-bond donors (Lipinski definition) is 1. The third-order valence-electron chi connectivity index (χ3n) is 3.36. The number of aliphatic hydroxyl groups excluding tert-OH is 1. The highest BCUT2D eigenvalue weighted by molar-refractivity contribution is 5.89. The second kappa shape index (κ2) is 5.50. The van der Waals surface area contributed by atoms with Crippen molar-refractivity contribution in [1.82, 2.24) is 4.98 Å². The Hall–Kier alpha value is -2.46. The summed E-state index contributed by atoms with van der Waals surface area (Å²) in [4.78, 5) is 4.25. The molecule has 0 saturated heterocycles. The fourth-order valence-corrected chi connectivity index (χ4v) is 2.22. The molecule has 3 aromatic rings. The molecule has 0 unspecified atom stereocenters. The molecule has 21 heavy (non-hydrogen) atoms. The van der Waals surface area contributed by atoms with E-state index in [2.05, 4.69) is 4.98 Å². The Morgan fingerprint density at radius 2 is 1.90 bits per heavy atom. The lowest BCUT2D eigenvalue weighted by Crippen LogP contribution is -1.94. The quantitative estimate of drug-likeness (QED) is 0.791. The van der Waals surface area contributed by atoms with Crippen molar-refractivity contribution >= 4 is 10.8 Å². The van der Waals surface area contributed by atoms with Crippen molar-refractivity contribution in [3.8, 4) is 11.6 Å². The maximum absolute atomic E-state index is 13.3. The minimum atomic E-state index is -0.268. The third-order valence-corrected chi connectivity index (χ3v) is 3.36. The molecule has 0 bridgehead atoms. The van der Waals surface area contributed by atoms with Crippen LogP contribution in [0.25, 0.3) is 10.8 Å². The maximum atomic E-state index is 13.3. The highest BCUT2D eigenvalue weighted by atomic mass is 19.1. The number of pyridine rings is 1. The molecule has 1 aromatic heterocycles. The van der Waals surface area contributed by atoms with Crippen molar-refractivity contribution in [3.63, 3.8) is 0 Å². The lowest BCUT2D eigenvalue weighted by molar-refractivity contribution is 0.283. The zero-order valence-electron chi connectivity index (χ0n) is 11.5. The molecule has 1 N–H and O–H groups in total. The molecular formula is C17H14FNO2. The van der Waals surface area contributed by atoms with E-state index < -0.39 is 0 Å². The number of aliphatic hydroxyl groups is 1. The van der Waals surface area contributed by atoms with Crippen LogP contribution in [0.15, 0.2) is 48.7 Å². The first-order chi connectivity index (χ1) is 10.2. The summed E-state index contributed by atoms with van der Waals surface area (Å²) in [5.41, 5.74) is 1.26. The molecule has 106 valence electrons. The van der Waals surface area contributed by atoms with Crippen molar-refractivity contribution < 1.29 is 14.2 Å². The van der Waals surface area contributed by atoms with Gasteiger partial charge < -0.3 is 9.84 Å². The summed E-state index contributed by atoms with van der Waals surface area (Å²) >= 11 is 0. The van der Waals surface area contributed by atoms with Crippen LogP contribution in [0.1, 0.15) is 11.1 Å². The summed E-state index contributed by atoms with van der Waals surface area (Å²) in [5.74, 6) is 0.702. The molecule has 1 heterocycles. The maximum Gasteiger partial charge on any atom is 0.227 e. The third kappa shape index (κ3) is 2.58. The predicted octanol–water partition coefficient (Wildman–Crippen LogP) is 3.97. The summed E-state index contributed by atoms with van der Waals surface area (Å²) in [7, 11) is 0. The topological polar surface area (TPSA) is 42.4 Å². The SMILES string of the molecule is Cc1cc(Oc2ncc(CO)c3ccccc23)ccc1F. The number of rotatable bonds is 3. The van der Waals surface area contributed by atoms with Gasteiger partial charge in [-0.05, 0) is 42.1 Å². The van der Waals surface area contributed by atoms with E-state index in [9.17, 15) is 9.50 Å². The Kier molecular flexibility index (Phi) is 3.54. The molecule has 0 radical (unpaired) electrons. The first-order valence-corrected chi connectivity index (χ1v) is 6.60. The number of benzene rings is 2. The van der Waals surface area contributed by atoms with Crippen LogP contribution < -0.4 is 4.74 Å². The van der Waals surface area contributed by atoms with Crippen LogP contribution in [-0.2, 0) is 6.61 Å². The van der Waals surface area contributed by atoms with Crippen LogP contribution in [0.4, 0.5) is 4.39 Å². The van der Waals surface area contributed by atoms with E-state index in [0.717, 1.165) is 16.3 Å². The van der Waals surface area contributed by atoms with Crippen molar-refractivity contribution in [3.05, 3.63) is 65.6 Å². The fourth-order valence-electron chi connectivity index (χ4n) is 2.22. The van der Waals surface area contributed by atoms with E-state index >= 15 is 0 Å². The number of ether oxygens (including phenoxy) is 1. The van der Waals surface area contributed by atoms with Crippen LogP contribution in [0, 0.1) is 12.7 Å². The molecular weight excluding hydrogens is 269 g/mol. The lowest BCUT2D eigenvalue weighted by atomic mass is 10.1. The van der Waals surface area contributed by atoms with Crippen molar-refractivity contribution in [2.45, 2.75) is 13.5 Å². The van der Waals surface area contributed by atoms with E-state index in [1.165, 1.54) is 6.07 Å². The number of hydrogen-bond acceptors (Lipinski definition) is 3. The number of fused-ring (bicyclic) bond motifs is 1. The molecule has 2 aromatic carbocycles. The van der Waals surface area contributed by atoms with Crippen LogP contribution in [0.3, 0.4) is 0 Å². The van der Waals surface area contributed by atoms with Gasteiger partial charge in [0, 0.05) is 17.1 Å². The zero-order valence-corrected chi connectivity index (χ0v) is 11.5. The average Bonchev–Trinajstić information content (AvgIpc) is 2.51. The van der Waals surface area contributed by atoms with Crippen molar-refractivity contribution in [1.29, 1.82) is 0 Å². The molecule has 0 aliphatic carbocycles. The minimum absolute atomic E-state index is 0.0799. The molecule has 0 fully saturated rings. The largest absolute Gasteiger partial charge is 0.438 e. The van der Waals surface area contributed by atoms with Gasteiger partial charge >= 0.3 is 0 Å². The van der Waals surface area contributed by atoms with Gasteiger partial charge in [0.15, 0.2) is 0 Å². The normalized spacial score (nSPS) is 10.8. The first kappa shape index (κ1) is 13.5. The fraction of sp³-hybridized carbons (Fsp3) is 0.118. The van der Waals surface area contributed by atoms with E-state index in [1.807, 2.05) is 24.3 Å². The highest BCUT2D eigenvalue weighted by Crippen LogP contribution is 2.30. The standard InChI is InChI=1S/C17H14FNO2/c1-11-8-13(6-7-16(11)18)21-17-15-5-3-2-4-14(15)12(10-20)9-19-17/h2-9,20H,10H2,1H3. The molecule has 3 nitrogen and oxygen atoms in total. The molecule has 4 heteroatoms. The summed E-state index contributed by atoms with van der Waals surface area (Å²) in [6.07, 6.45) is 1.59. The van der Waals surface area contributed by atoms with Crippen LogP contribution in [0.2, 0.25) is 0 Å². The van der Waals surface area contributed by atoms with E-state index in [0.29, 0.717) is 17.2 Å². The summed E-state index contributed by atoms with van der Waals surface area (Å²) < 4.78 is 19.1. The predicted molar refractivity (Wildman–Crippen MR) is 78.9 cm³/mol. The Balaban J connectivity index is 2.06. The smallest absolute Gasteiger partial charge is 0.227 e. The Morgan fingerprint density at radius 1 is 1.14 bits per heavy atom. The van der Waals surface area contributed by atoms with Gasteiger partial charge in [-0.15, -0.1) is 0 Å². The van der Waals surface area contributed by atoms with Gasteiger partial charge in [-0.2, -0.15) is 0 Å². The van der Waals surface area contributed by atoms with Gasteiger partial charge in [0.1, 0.15) is 11.6 Å².